The van der Waals surface area contributed by atoms with Crippen molar-refractivity contribution < 1.29 is 0 Å². The molecule has 3 aliphatic rings. The van der Waals surface area contributed by atoms with Crippen molar-refractivity contribution in [2.24, 2.45) is 5.92 Å². The Hall–Kier alpha value is -0.120. The molecule has 3 rings (SSSR count). The standard InChI is InChI=1S/C17H33N3/c1-2-11-20(12-3-1)17-8-13-19(15-17)10-5-7-16-6-4-9-18-14-16/h16-18H,1-15H2. The predicted molar refractivity (Wildman–Crippen MR) is 85.1 cm³/mol. The number of piperidine rings is 2. The Balaban J connectivity index is 1.31. The van der Waals surface area contributed by atoms with Gasteiger partial charge in [-0.3, -0.25) is 4.90 Å². The van der Waals surface area contributed by atoms with Crippen LogP contribution in [0.25, 0.3) is 0 Å². The van der Waals surface area contributed by atoms with E-state index in [0.29, 0.717) is 0 Å². The van der Waals surface area contributed by atoms with Gasteiger partial charge < -0.3 is 10.2 Å². The molecule has 2 unspecified atom stereocenters. The number of nitrogens with one attached hydrogen (secondary N) is 1. The first-order valence-electron chi connectivity index (χ1n) is 9.09. The molecule has 1 N–H and O–H groups in total. The zero-order chi connectivity index (χ0) is 13.6. The highest BCUT2D eigenvalue weighted by Crippen LogP contribution is 2.21. The SMILES string of the molecule is C1CCN(C2CCN(CCCC3CCCNC3)C2)CC1. The second-order valence-electron chi connectivity index (χ2n) is 7.19. The van der Waals surface area contributed by atoms with E-state index in [0.717, 1.165) is 12.0 Å². The fraction of sp³-hybridized carbons (Fsp3) is 1.00. The van der Waals surface area contributed by atoms with Crippen LogP contribution in [0.3, 0.4) is 0 Å². The van der Waals surface area contributed by atoms with E-state index in [4.69, 9.17) is 0 Å². The van der Waals surface area contributed by atoms with E-state index in [1.165, 1.54) is 97.2 Å². The summed E-state index contributed by atoms with van der Waals surface area (Å²) in [7, 11) is 0. The van der Waals surface area contributed by atoms with Crippen molar-refractivity contribution >= 4 is 0 Å². The minimum Gasteiger partial charge on any atom is -0.316 e. The highest BCUT2D eigenvalue weighted by atomic mass is 15.3. The van der Waals surface area contributed by atoms with E-state index < -0.39 is 0 Å². The molecule has 3 saturated heterocycles. The van der Waals surface area contributed by atoms with E-state index in [2.05, 4.69) is 15.1 Å². The summed E-state index contributed by atoms with van der Waals surface area (Å²) in [6.45, 7) is 9.31. The highest BCUT2D eigenvalue weighted by molar-refractivity contribution is 4.84. The molecule has 0 aromatic carbocycles. The monoisotopic (exact) mass is 279 g/mol. The average Bonchev–Trinajstić information content (AvgIpc) is 2.98. The molecule has 0 saturated carbocycles. The smallest absolute Gasteiger partial charge is 0.0235 e. The molecule has 116 valence electrons. The van der Waals surface area contributed by atoms with Crippen molar-refractivity contribution in [3.05, 3.63) is 0 Å². The quantitative estimate of drug-likeness (QED) is 0.833. The van der Waals surface area contributed by atoms with Gasteiger partial charge >= 0.3 is 0 Å². The van der Waals surface area contributed by atoms with Crippen molar-refractivity contribution in [2.75, 3.05) is 45.8 Å². The maximum atomic E-state index is 3.54. The molecular weight excluding hydrogens is 246 g/mol. The van der Waals surface area contributed by atoms with Gasteiger partial charge in [-0.25, -0.2) is 0 Å². The average molecular weight is 279 g/mol. The topological polar surface area (TPSA) is 18.5 Å². The molecule has 3 heterocycles. The van der Waals surface area contributed by atoms with E-state index in [1.807, 2.05) is 0 Å². The summed E-state index contributed by atoms with van der Waals surface area (Å²) < 4.78 is 0. The second-order valence-corrected chi connectivity index (χ2v) is 7.19. The first-order valence-corrected chi connectivity index (χ1v) is 9.09. The van der Waals surface area contributed by atoms with Gasteiger partial charge in [0.1, 0.15) is 0 Å². The van der Waals surface area contributed by atoms with Crippen LogP contribution in [0.15, 0.2) is 0 Å². The molecule has 0 radical (unpaired) electrons. The number of hydrogen-bond acceptors (Lipinski definition) is 3. The molecule has 3 heteroatoms. The van der Waals surface area contributed by atoms with Crippen molar-refractivity contribution in [2.45, 2.75) is 57.4 Å². The summed E-state index contributed by atoms with van der Waals surface area (Å²) in [5.41, 5.74) is 0. The lowest BCUT2D eigenvalue weighted by Gasteiger charge is -2.32. The van der Waals surface area contributed by atoms with Gasteiger partial charge in [0, 0.05) is 12.6 Å². The molecule has 3 nitrogen and oxygen atoms in total. The largest absolute Gasteiger partial charge is 0.316 e. The zero-order valence-corrected chi connectivity index (χ0v) is 13.2. The predicted octanol–water partition coefficient (Wildman–Crippen LogP) is 2.33. The van der Waals surface area contributed by atoms with Crippen molar-refractivity contribution in [3.8, 4) is 0 Å². The van der Waals surface area contributed by atoms with Crippen LogP contribution in [-0.4, -0.2) is 61.7 Å². The third kappa shape index (κ3) is 4.19. The van der Waals surface area contributed by atoms with Gasteiger partial charge in [0.05, 0.1) is 0 Å². The molecule has 2 atom stereocenters. The van der Waals surface area contributed by atoms with Crippen LogP contribution in [0.4, 0.5) is 0 Å². The van der Waals surface area contributed by atoms with Gasteiger partial charge in [0.15, 0.2) is 0 Å². The zero-order valence-electron chi connectivity index (χ0n) is 13.2. The van der Waals surface area contributed by atoms with Gasteiger partial charge in [0.25, 0.3) is 0 Å². The summed E-state index contributed by atoms with van der Waals surface area (Å²) >= 11 is 0. The van der Waals surface area contributed by atoms with Gasteiger partial charge in [-0.15, -0.1) is 0 Å². The third-order valence-corrected chi connectivity index (χ3v) is 5.64. The Labute approximate surface area is 125 Å². The lowest BCUT2D eigenvalue weighted by Crippen LogP contribution is -2.41. The molecule has 3 aliphatic heterocycles. The van der Waals surface area contributed by atoms with Crippen LogP contribution < -0.4 is 5.32 Å². The summed E-state index contributed by atoms with van der Waals surface area (Å²) in [5, 5.41) is 3.54. The Morgan fingerprint density at radius 3 is 2.65 bits per heavy atom. The van der Waals surface area contributed by atoms with Crippen LogP contribution in [-0.2, 0) is 0 Å². The number of likely N-dealkylation sites (tertiary alicyclic amines) is 2. The molecule has 0 amide bonds. The number of hydrogen-bond donors (Lipinski definition) is 1. The van der Waals surface area contributed by atoms with Crippen LogP contribution in [0.5, 0.6) is 0 Å². The lowest BCUT2D eigenvalue weighted by atomic mass is 9.95. The molecule has 0 spiro atoms. The van der Waals surface area contributed by atoms with Crippen LogP contribution in [0.1, 0.15) is 51.4 Å². The first kappa shape index (κ1) is 14.8. The van der Waals surface area contributed by atoms with E-state index in [9.17, 15) is 0 Å². The Bertz CT molecular complexity index is 269. The van der Waals surface area contributed by atoms with Gasteiger partial charge in [-0.1, -0.05) is 6.42 Å². The second kappa shape index (κ2) is 7.77. The van der Waals surface area contributed by atoms with Gasteiger partial charge in [-0.05, 0) is 90.1 Å². The Morgan fingerprint density at radius 2 is 1.85 bits per heavy atom. The van der Waals surface area contributed by atoms with E-state index >= 15 is 0 Å². The summed E-state index contributed by atoms with van der Waals surface area (Å²) in [5.74, 6) is 0.962. The Morgan fingerprint density at radius 1 is 0.950 bits per heavy atom. The summed E-state index contributed by atoms with van der Waals surface area (Å²) in [4.78, 5) is 5.50. The van der Waals surface area contributed by atoms with Crippen LogP contribution in [0, 0.1) is 5.92 Å². The van der Waals surface area contributed by atoms with Gasteiger partial charge in [-0.2, -0.15) is 0 Å². The van der Waals surface area contributed by atoms with E-state index in [-0.39, 0.29) is 0 Å². The van der Waals surface area contributed by atoms with Crippen molar-refractivity contribution in [1.29, 1.82) is 0 Å². The van der Waals surface area contributed by atoms with Crippen LogP contribution in [0.2, 0.25) is 0 Å². The van der Waals surface area contributed by atoms with Crippen molar-refractivity contribution in [1.82, 2.24) is 15.1 Å². The van der Waals surface area contributed by atoms with E-state index in [1.54, 1.807) is 0 Å². The summed E-state index contributed by atoms with van der Waals surface area (Å²) in [6, 6.07) is 0.881. The molecular formula is C17H33N3. The molecule has 20 heavy (non-hydrogen) atoms. The van der Waals surface area contributed by atoms with Crippen LogP contribution >= 0.6 is 0 Å². The Kier molecular flexibility index (Phi) is 5.75. The maximum absolute atomic E-state index is 3.54. The minimum atomic E-state index is 0.881. The fourth-order valence-corrected chi connectivity index (χ4v) is 4.37. The number of nitrogens with zero attached hydrogens (tertiary/aromatic N) is 2. The first-order chi connectivity index (χ1) is 9.92. The molecule has 0 aromatic heterocycles. The molecule has 0 aromatic rings. The van der Waals surface area contributed by atoms with Gasteiger partial charge in [0.2, 0.25) is 0 Å². The molecule has 0 aliphatic carbocycles. The normalized spacial score (nSPS) is 33.6. The maximum Gasteiger partial charge on any atom is 0.0235 e. The lowest BCUT2D eigenvalue weighted by molar-refractivity contribution is 0.161. The molecule has 3 fully saturated rings. The highest BCUT2D eigenvalue weighted by Gasteiger charge is 2.28. The van der Waals surface area contributed by atoms with Crippen molar-refractivity contribution in [3.63, 3.8) is 0 Å². The third-order valence-electron chi connectivity index (χ3n) is 5.64. The summed E-state index contributed by atoms with van der Waals surface area (Å²) in [6.07, 6.45) is 11.5. The number of rotatable bonds is 5. The fourth-order valence-electron chi connectivity index (χ4n) is 4.37. The molecule has 0 bridgehead atoms. The minimum absolute atomic E-state index is 0.881.